The molecule has 0 aliphatic heterocycles. The highest BCUT2D eigenvalue weighted by atomic mass is 35.5. The second-order valence-corrected chi connectivity index (χ2v) is 3.88. The summed E-state index contributed by atoms with van der Waals surface area (Å²) in [6.45, 7) is 1.50. The molecule has 0 aliphatic carbocycles. The minimum absolute atomic E-state index is 0.240. The fourth-order valence-electron chi connectivity index (χ4n) is 1.50. The highest BCUT2D eigenvalue weighted by Gasteiger charge is 2.20. The van der Waals surface area contributed by atoms with Crippen molar-refractivity contribution >= 4 is 28.7 Å². The molecule has 1 aromatic carbocycles. The number of oxazole rings is 1. The van der Waals surface area contributed by atoms with Crippen molar-refractivity contribution in [3.8, 4) is 0 Å². The zero-order valence-corrected chi connectivity index (χ0v) is 9.04. The molecule has 2 rings (SSSR count). The van der Waals surface area contributed by atoms with Crippen LogP contribution in [0.3, 0.4) is 0 Å². The molecule has 2 aromatic rings. The number of benzene rings is 1. The van der Waals surface area contributed by atoms with E-state index in [2.05, 4.69) is 4.98 Å². The van der Waals surface area contributed by atoms with Crippen LogP contribution in [0.2, 0.25) is 5.02 Å². The van der Waals surface area contributed by atoms with E-state index in [1.54, 1.807) is 0 Å². The summed E-state index contributed by atoms with van der Waals surface area (Å²) in [4.78, 5) is 24.4. The van der Waals surface area contributed by atoms with E-state index in [9.17, 15) is 9.59 Å². The van der Waals surface area contributed by atoms with Crippen molar-refractivity contribution in [2.45, 2.75) is 12.8 Å². The number of aliphatic carboxylic acids is 1. The van der Waals surface area contributed by atoms with Gasteiger partial charge in [-0.2, -0.15) is 0 Å². The summed E-state index contributed by atoms with van der Waals surface area (Å²) in [6, 6.07) is 3.00. The molecule has 0 bridgehead atoms. The summed E-state index contributed by atoms with van der Waals surface area (Å²) >= 11 is 5.83. The minimum Gasteiger partial charge on any atom is -0.481 e. The number of hydrogen-bond acceptors (Lipinski definition) is 3. The van der Waals surface area contributed by atoms with Crippen molar-refractivity contribution in [1.29, 1.82) is 0 Å². The zero-order chi connectivity index (χ0) is 11.9. The molecular formula is C10H8ClNO4. The highest BCUT2D eigenvalue weighted by Crippen LogP contribution is 2.27. The first-order chi connectivity index (χ1) is 7.49. The van der Waals surface area contributed by atoms with Crippen molar-refractivity contribution in [3.05, 3.63) is 33.3 Å². The molecule has 1 unspecified atom stereocenters. The predicted molar refractivity (Wildman–Crippen MR) is 57.9 cm³/mol. The van der Waals surface area contributed by atoms with Crippen molar-refractivity contribution in [1.82, 2.24) is 4.98 Å². The fourth-order valence-corrected chi connectivity index (χ4v) is 1.73. The molecule has 0 aliphatic rings. The summed E-state index contributed by atoms with van der Waals surface area (Å²) in [5, 5.41) is 9.27. The van der Waals surface area contributed by atoms with Crippen LogP contribution in [0.4, 0.5) is 0 Å². The maximum atomic E-state index is 11.0. The number of aromatic nitrogens is 1. The third-order valence-corrected chi connectivity index (χ3v) is 2.57. The van der Waals surface area contributed by atoms with Crippen LogP contribution in [0.5, 0.6) is 0 Å². The number of hydrogen-bond donors (Lipinski definition) is 2. The Labute approximate surface area is 94.6 Å². The average Bonchev–Trinajstić information content (AvgIpc) is 2.55. The number of nitrogens with one attached hydrogen (secondary N) is 1. The van der Waals surface area contributed by atoms with Crippen LogP contribution in [-0.4, -0.2) is 16.1 Å². The van der Waals surface area contributed by atoms with Crippen molar-refractivity contribution in [2.24, 2.45) is 0 Å². The Morgan fingerprint density at radius 2 is 2.25 bits per heavy atom. The lowest BCUT2D eigenvalue weighted by molar-refractivity contribution is -0.138. The molecule has 0 saturated heterocycles. The number of aromatic amines is 1. The summed E-state index contributed by atoms with van der Waals surface area (Å²) in [7, 11) is 0. The third-order valence-electron chi connectivity index (χ3n) is 2.35. The van der Waals surface area contributed by atoms with E-state index in [1.807, 2.05) is 0 Å². The first-order valence-corrected chi connectivity index (χ1v) is 4.92. The molecule has 1 aromatic heterocycles. The van der Waals surface area contributed by atoms with Gasteiger partial charge in [0.2, 0.25) is 0 Å². The van der Waals surface area contributed by atoms with Crippen LogP contribution in [0, 0.1) is 0 Å². The van der Waals surface area contributed by atoms with Gasteiger partial charge in [0, 0.05) is 10.6 Å². The number of fused-ring (bicyclic) bond motifs is 1. The predicted octanol–water partition coefficient (Wildman–Crippen LogP) is 1.96. The van der Waals surface area contributed by atoms with E-state index in [1.165, 1.54) is 19.1 Å². The van der Waals surface area contributed by atoms with E-state index in [-0.39, 0.29) is 5.58 Å². The van der Waals surface area contributed by atoms with Crippen LogP contribution in [0.15, 0.2) is 21.3 Å². The van der Waals surface area contributed by atoms with Gasteiger partial charge in [-0.1, -0.05) is 11.6 Å². The summed E-state index contributed by atoms with van der Waals surface area (Å²) < 4.78 is 4.89. The normalized spacial score (nSPS) is 12.9. The Morgan fingerprint density at radius 1 is 1.56 bits per heavy atom. The van der Waals surface area contributed by atoms with Crippen molar-refractivity contribution in [3.63, 3.8) is 0 Å². The Bertz CT molecular complexity index is 613. The van der Waals surface area contributed by atoms with E-state index in [0.29, 0.717) is 16.1 Å². The molecule has 0 amide bonds. The first kappa shape index (κ1) is 10.8. The van der Waals surface area contributed by atoms with Gasteiger partial charge in [0.25, 0.3) is 0 Å². The molecular weight excluding hydrogens is 234 g/mol. The number of carbonyl (C=O) groups is 1. The number of halogens is 1. The molecule has 2 N–H and O–H groups in total. The second-order valence-electron chi connectivity index (χ2n) is 3.45. The minimum atomic E-state index is -1.01. The van der Waals surface area contributed by atoms with Gasteiger partial charge >= 0.3 is 11.7 Å². The van der Waals surface area contributed by atoms with Crippen LogP contribution < -0.4 is 5.76 Å². The van der Waals surface area contributed by atoms with E-state index >= 15 is 0 Å². The van der Waals surface area contributed by atoms with Crippen molar-refractivity contribution in [2.75, 3.05) is 0 Å². The number of rotatable bonds is 2. The SMILES string of the molecule is CC(C(=O)O)c1cc(Cl)cc2[nH]c(=O)oc12. The lowest BCUT2D eigenvalue weighted by atomic mass is 10.0. The number of H-pyrrole nitrogens is 1. The lowest BCUT2D eigenvalue weighted by Crippen LogP contribution is -2.07. The molecule has 16 heavy (non-hydrogen) atoms. The molecule has 0 fully saturated rings. The summed E-state index contributed by atoms with van der Waals surface area (Å²) in [6.07, 6.45) is 0. The molecule has 5 nitrogen and oxygen atoms in total. The molecule has 84 valence electrons. The van der Waals surface area contributed by atoms with Crippen LogP contribution in [0.1, 0.15) is 18.4 Å². The van der Waals surface area contributed by atoms with Gasteiger partial charge in [-0.3, -0.25) is 9.78 Å². The average molecular weight is 242 g/mol. The van der Waals surface area contributed by atoms with E-state index in [0.717, 1.165) is 0 Å². The van der Waals surface area contributed by atoms with Gasteiger partial charge in [0.05, 0.1) is 11.4 Å². The smallest absolute Gasteiger partial charge is 0.417 e. The van der Waals surface area contributed by atoms with Gasteiger partial charge in [0.15, 0.2) is 5.58 Å². The van der Waals surface area contributed by atoms with Crippen LogP contribution >= 0.6 is 11.6 Å². The Kier molecular flexibility index (Phi) is 2.47. The molecule has 1 atom stereocenters. The molecule has 0 radical (unpaired) electrons. The monoisotopic (exact) mass is 241 g/mol. The van der Waals surface area contributed by atoms with Crippen molar-refractivity contribution < 1.29 is 14.3 Å². The Hall–Kier alpha value is -1.75. The third kappa shape index (κ3) is 1.69. The quantitative estimate of drug-likeness (QED) is 0.842. The number of carboxylic acids is 1. The topological polar surface area (TPSA) is 83.3 Å². The van der Waals surface area contributed by atoms with E-state index in [4.69, 9.17) is 21.1 Å². The fraction of sp³-hybridized carbons (Fsp3) is 0.200. The Balaban J connectivity index is 2.76. The van der Waals surface area contributed by atoms with Gasteiger partial charge in [-0.25, -0.2) is 4.79 Å². The zero-order valence-electron chi connectivity index (χ0n) is 8.28. The second kappa shape index (κ2) is 3.68. The lowest BCUT2D eigenvalue weighted by Gasteiger charge is -2.06. The standard InChI is InChI=1S/C10H8ClNO4/c1-4(9(13)14)6-2-5(11)3-7-8(6)16-10(15)12-7/h2-4H,1H3,(H,12,15)(H,13,14). The maximum absolute atomic E-state index is 11.0. The Morgan fingerprint density at radius 3 is 2.88 bits per heavy atom. The molecule has 1 heterocycles. The highest BCUT2D eigenvalue weighted by molar-refractivity contribution is 6.31. The molecule has 0 spiro atoms. The molecule has 0 saturated carbocycles. The van der Waals surface area contributed by atoms with Crippen LogP contribution in [-0.2, 0) is 4.79 Å². The molecule has 6 heteroatoms. The van der Waals surface area contributed by atoms with Gasteiger partial charge < -0.3 is 9.52 Å². The van der Waals surface area contributed by atoms with Gasteiger partial charge in [-0.05, 0) is 19.1 Å². The van der Waals surface area contributed by atoms with Crippen LogP contribution in [0.25, 0.3) is 11.1 Å². The van der Waals surface area contributed by atoms with E-state index < -0.39 is 17.6 Å². The van der Waals surface area contributed by atoms with Gasteiger partial charge in [0.1, 0.15) is 0 Å². The maximum Gasteiger partial charge on any atom is 0.417 e. The van der Waals surface area contributed by atoms with Gasteiger partial charge in [-0.15, -0.1) is 0 Å². The summed E-state index contributed by atoms with van der Waals surface area (Å²) in [5.74, 6) is -2.43. The first-order valence-electron chi connectivity index (χ1n) is 4.54. The largest absolute Gasteiger partial charge is 0.481 e. The summed E-state index contributed by atoms with van der Waals surface area (Å²) in [5.41, 5.74) is 1.03. The number of carboxylic acid groups (broad SMARTS) is 1.